The molecule has 1 fully saturated rings. The van der Waals surface area contributed by atoms with Gasteiger partial charge in [0.15, 0.2) is 0 Å². The highest BCUT2D eigenvalue weighted by Crippen LogP contribution is 2.59. The fourth-order valence-electron chi connectivity index (χ4n) is 8.87. The molecule has 6 aliphatic rings. The average molecular weight is 595 g/mol. The van der Waals surface area contributed by atoms with E-state index in [0.29, 0.717) is 11.8 Å². The van der Waals surface area contributed by atoms with Crippen molar-refractivity contribution < 1.29 is 0 Å². The molecule has 4 aromatic rings. The zero-order valence-corrected chi connectivity index (χ0v) is 26.3. The fraction of sp³-hybridized carbons (Fsp3) is 0.227. The van der Waals surface area contributed by atoms with Crippen LogP contribution in [0, 0.1) is 5.92 Å². The second-order valence-electron chi connectivity index (χ2n) is 13.8. The number of hydrogen-bond donors (Lipinski definition) is 0. The summed E-state index contributed by atoms with van der Waals surface area (Å²) in [6, 6.07) is 14.4. The first-order chi connectivity index (χ1) is 22.7. The number of aromatic nitrogens is 2. The van der Waals surface area contributed by atoms with Gasteiger partial charge in [-0.15, -0.1) is 0 Å². The molecule has 0 saturated heterocycles. The summed E-state index contributed by atoms with van der Waals surface area (Å²) < 4.78 is 5.21. The number of fused-ring (bicyclic) bond motifs is 8. The second-order valence-corrected chi connectivity index (χ2v) is 13.8. The molecule has 46 heavy (non-hydrogen) atoms. The minimum atomic E-state index is 0.435. The van der Waals surface area contributed by atoms with Gasteiger partial charge in [0, 0.05) is 56.5 Å². The van der Waals surface area contributed by atoms with Crippen molar-refractivity contribution in [2.45, 2.75) is 57.3 Å². The summed E-state index contributed by atoms with van der Waals surface area (Å²) in [6.07, 6.45) is 36.8. The van der Waals surface area contributed by atoms with Gasteiger partial charge in [0.2, 0.25) is 0 Å². The molecule has 2 heterocycles. The van der Waals surface area contributed by atoms with E-state index in [4.69, 9.17) is 0 Å². The summed E-state index contributed by atoms with van der Waals surface area (Å²) >= 11 is 0. The van der Waals surface area contributed by atoms with Crippen LogP contribution >= 0.6 is 0 Å². The maximum Gasteiger partial charge on any atom is 0.0540 e. The summed E-state index contributed by atoms with van der Waals surface area (Å²) in [5, 5.41) is 2.72. The maximum atomic E-state index is 4.48. The molecule has 0 aliphatic heterocycles. The molecule has 0 N–H and O–H groups in total. The smallest absolute Gasteiger partial charge is 0.0540 e. The minimum absolute atomic E-state index is 0.435. The van der Waals surface area contributed by atoms with Crippen LogP contribution in [0.2, 0.25) is 0 Å². The number of hydrogen-bond acceptors (Lipinski definition) is 0. The first kappa shape index (κ1) is 26.4. The summed E-state index contributed by atoms with van der Waals surface area (Å²) in [4.78, 5) is 0. The molecule has 224 valence electrons. The van der Waals surface area contributed by atoms with Gasteiger partial charge >= 0.3 is 0 Å². The van der Waals surface area contributed by atoms with Crippen LogP contribution in [-0.2, 0) is 6.42 Å². The van der Waals surface area contributed by atoms with E-state index in [1.165, 1.54) is 83.6 Å². The molecule has 2 aromatic carbocycles. The zero-order valence-electron chi connectivity index (χ0n) is 26.3. The van der Waals surface area contributed by atoms with Crippen molar-refractivity contribution in [1.29, 1.82) is 0 Å². The molecule has 2 heteroatoms. The lowest BCUT2D eigenvalue weighted by atomic mass is 9.90. The maximum absolute atomic E-state index is 4.48. The normalized spacial score (nSPS) is 22.7. The van der Waals surface area contributed by atoms with Gasteiger partial charge in [0.1, 0.15) is 0 Å². The van der Waals surface area contributed by atoms with Gasteiger partial charge in [-0.2, -0.15) is 0 Å². The highest BCUT2D eigenvalue weighted by Gasteiger charge is 2.47. The SMILES string of the molecule is C=C1C2C=Cc3c(n(C4=CC=C(C5=CC=CCC5)CC4)c4cc(-c5ccc6c7c(n(C8=CC=CCC8)c6c5)CCC=C7)ccc34)[C@@H]12. The van der Waals surface area contributed by atoms with Gasteiger partial charge < -0.3 is 9.13 Å². The lowest BCUT2D eigenvalue weighted by molar-refractivity contribution is 0.845. The molecule has 0 spiro atoms. The lowest BCUT2D eigenvalue weighted by Crippen LogP contribution is -2.07. The molecular formula is C44H38N2. The number of allylic oxidation sites excluding steroid dienone is 15. The highest BCUT2D eigenvalue weighted by atomic mass is 15.0. The second kappa shape index (κ2) is 10.1. The summed E-state index contributed by atoms with van der Waals surface area (Å²) in [6.45, 7) is 4.48. The van der Waals surface area contributed by atoms with Crippen LogP contribution in [-0.4, -0.2) is 9.13 Å². The molecule has 0 bridgehead atoms. The number of benzene rings is 2. The molecule has 10 rings (SSSR count). The minimum Gasteiger partial charge on any atom is -0.317 e. The van der Waals surface area contributed by atoms with E-state index in [2.05, 4.69) is 125 Å². The van der Waals surface area contributed by atoms with Crippen LogP contribution in [0.25, 0.3) is 56.5 Å². The Kier molecular flexibility index (Phi) is 5.79. The first-order valence-corrected chi connectivity index (χ1v) is 17.3. The van der Waals surface area contributed by atoms with E-state index in [9.17, 15) is 0 Å². The van der Waals surface area contributed by atoms with Crippen LogP contribution in [0.15, 0.2) is 120 Å². The molecule has 1 unspecified atom stereocenters. The lowest BCUT2D eigenvalue weighted by Gasteiger charge is -2.22. The molecule has 6 aliphatic carbocycles. The summed E-state index contributed by atoms with van der Waals surface area (Å²) in [5.74, 6) is 0.925. The standard InChI is InChI=1S/C44H38N2/c1-28-35-24-25-39-38-23-19-32(27-42(38)46(44(39)43(28)35)34-20-16-30(17-21-34)29-10-4-2-5-11-29)31-18-22-37-36-14-8-9-15-40(36)45(41(37)26-31)33-12-6-3-7-13-33/h2-4,6,8,10,12,14,16,18-20,22-27,35,43H,1,5,7,9,11,13,15,17,21H2/t35?,43-/m0/s1. The third-order valence-electron chi connectivity index (χ3n) is 11.3. The largest absolute Gasteiger partial charge is 0.317 e. The molecule has 1 saturated carbocycles. The van der Waals surface area contributed by atoms with Gasteiger partial charge in [-0.1, -0.05) is 97.2 Å². The predicted octanol–water partition coefficient (Wildman–Crippen LogP) is 11.5. The zero-order chi connectivity index (χ0) is 30.4. The molecule has 0 radical (unpaired) electrons. The van der Waals surface area contributed by atoms with Gasteiger partial charge in [0.05, 0.1) is 11.0 Å². The highest BCUT2D eigenvalue weighted by molar-refractivity contribution is 6.00. The monoisotopic (exact) mass is 594 g/mol. The Morgan fingerprint density at radius 3 is 2.07 bits per heavy atom. The topological polar surface area (TPSA) is 9.86 Å². The van der Waals surface area contributed by atoms with E-state index in [0.717, 1.165) is 51.4 Å². The third kappa shape index (κ3) is 3.89. The van der Waals surface area contributed by atoms with E-state index < -0.39 is 0 Å². The van der Waals surface area contributed by atoms with Gasteiger partial charge in [-0.3, -0.25) is 0 Å². The number of nitrogens with zero attached hydrogens (tertiary/aromatic N) is 2. The Hall–Kier alpha value is -4.82. The van der Waals surface area contributed by atoms with Crippen molar-refractivity contribution in [3.05, 3.63) is 143 Å². The summed E-state index contributed by atoms with van der Waals surface area (Å²) in [5.41, 5.74) is 18.2. The predicted molar refractivity (Wildman–Crippen MR) is 195 cm³/mol. The van der Waals surface area contributed by atoms with E-state index in [-0.39, 0.29) is 0 Å². The number of rotatable bonds is 4. The van der Waals surface area contributed by atoms with Crippen LogP contribution in [0.5, 0.6) is 0 Å². The average Bonchev–Trinajstić information content (AvgIpc) is 3.50. The van der Waals surface area contributed by atoms with Crippen molar-refractivity contribution in [2.24, 2.45) is 5.92 Å². The van der Waals surface area contributed by atoms with Crippen molar-refractivity contribution in [3.8, 4) is 11.1 Å². The van der Waals surface area contributed by atoms with E-state index in [1.807, 2.05) is 0 Å². The van der Waals surface area contributed by atoms with Crippen molar-refractivity contribution in [1.82, 2.24) is 9.13 Å². The van der Waals surface area contributed by atoms with Gasteiger partial charge in [-0.05, 0) is 97.9 Å². The van der Waals surface area contributed by atoms with Crippen molar-refractivity contribution in [3.63, 3.8) is 0 Å². The Morgan fingerprint density at radius 1 is 0.609 bits per heavy atom. The van der Waals surface area contributed by atoms with E-state index >= 15 is 0 Å². The quantitative estimate of drug-likeness (QED) is 0.208. The molecule has 0 amide bonds. The Morgan fingerprint density at radius 2 is 1.33 bits per heavy atom. The third-order valence-corrected chi connectivity index (χ3v) is 11.3. The molecule has 2 aromatic heterocycles. The molecule has 2 nitrogen and oxygen atoms in total. The Balaban J connectivity index is 1.14. The Bertz CT molecular complexity index is 2270. The van der Waals surface area contributed by atoms with Crippen LogP contribution in [0.1, 0.15) is 73.4 Å². The summed E-state index contributed by atoms with van der Waals surface area (Å²) in [7, 11) is 0. The van der Waals surface area contributed by atoms with Crippen molar-refractivity contribution >= 4 is 45.4 Å². The fourth-order valence-corrected chi connectivity index (χ4v) is 8.87. The van der Waals surface area contributed by atoms with E-state index in [1.54, 1.807) is 0 Å². The van der Waals surface area contributed by atoms with Crippen molar-refractivity contribution in [2.75, 3.05) is 0 Å². The van der Waals surface area contributed by atoms with Crippen LogP contribution < -0.4 is 0 Å². The molecule has 2 atom stereocenters. The van der Waals surface area contributed by atoms with Crippen LogP contribution in [0.3, 0.4) is 0 Å². The van der Waals surface area contributed by atoms with Gasteiger partial charge in [0.25, 0.3) is 0 Å². The first-order valence-electron chi connectivity index (χ1n) is 17.3. The van der Waals surface area contributed by atoms with Crippen LogP contribution in [0.4, 0.5) is 0 Å². The molecular weight excluding hydrogens is 556 g/mol. The Labute approximate surface area is 271 Å². The van der Waals surface area contributed by atoms with Gasteiger partial charge in [-0.25, -0.2) is 0 Å².